The first kappa shape index (κ1) is 26.2. The van der Waals surface area contributed by atoms with E-state index >= 15 is 0 Å². The van der Waals surface area contributed by atoms with E-state index in [1.165, 1.54) is 0 Å². The Morgan fingerprint density at radius 1 is 0.714 bits per heavy atom. The van der Waals surface area contributed by atoms with E-state index in [2.05, 4.69) is 74.6 Å². The van der Waals surface area contributed by atoms with Gasteiger partial charge in [-0.2, -0.15) is 0 Å². The van der Waals surface area contributed by atoms with Crippen LogP contribution in [0, 0.1) is 5.92 Å². The van der Waals surface area contributed by atoms with Gasteiger partial charge in [-0.1, -0.05) is 81.0 Å². The zero-order chi connectivity index (χ0) is 20.7. The van der Waals surface area contributed by atoms with Crippen molar-refractivity contribution >= 4 is 5.97 Å². The van der Waals surface area contributed by atoms with E-state index in [0.717, 1.165) is 64.2 Å². The maximum Gasteiger partial charge on any atom is 0.308 e. The normalized spacial score (nSPS) is 13.7. The van der Waals surface area contributed by atoms with Crippen LogP contribution in [0.1, 0.15) is 85.0 Å². The molecule has 0 rings (SSSR count). The quantitative estimate of drug-likeness (QED) is 0.144. The lowest BCUT2D eigenvalue weighted by molar-refractivity contribution is -0.148. The molecule has 0 aromatic heterocycles. The molecule has 0 N–H and O–H groups in total. The van der Waals surface area contributed by atoms with Crippen LogP contribution in [0.4, 0.5) is 0 Å². The highest BCUT2D eigenvalue weighted by Crippen LogP contribution is 2.15. The van der Waals surface area contributed by atoms with Gasteiger partial charge in [-0.3, -0.25) is 4.79 Å². The van der Waals surface area contributed by atoms with Gasteiger partial charge in [0.1, 0.15) is 0 Å². The first-order valence-electron chi connectivity index (χ1n) is 11.2. The molecule has 0 aliphatic heterocycles. The lowest BCUT2D eigenvalue weighted by atomic mass is 9.98. The lowest BCUT2D eigenvalue weighted by Gasteiger charge is -2.12. The van der Waals surface area contributed by atoms with Crippen LogP contribution in [0.25, 0.3) is 0 Å². The minimum absolute atomic E-state index is 0.0279. The van der Waals surface area contributed by atoms with E-state index < -0.39 is 0 Å². The van der Waals surface area contributed by atoms with E-state index in [0.29, 0.717) is 6.61 Å². The smallest absolute Gasteiger partial charge is 0.308 e. The van der Waals surface area contributed by atoms with Gasteiger partial charge in [-0.15, -0.1) is 0 Å². The van der Waals surface area contributed by atoms with Crippen LogP contribution in [-0.4, -0.2) is 12.6 Å². The molecule has 0 saturated heterocycles. The highest BCUT2D eigenvalue weighted by atomic mass is 16.5. The van der Waals surface area contributed by atoms with Crippen LogP contribution in [0.15, 0.2) is 60.8 Å². The third-order valence-corrected chi connectivity index (χ3v) is 4.44. The highest BCUT2D eigenvalue weighted by molar-refractivity contribution is 5.72. The fraction of sp³-hybridized carbons (Fsp3) is 0.577. The summed E-state index contributed by atoms with van der Waals surface area (Å²) in [5, 5.41) is 0. The molecule has 0 heterocycles. The SMILES string of the molecule is CCC=CCC=CCC=CCC=CCC=CCCCCC(CC)C(=O)OCC. The summed E-state index contributed by atoms with van der Waals surface area (Å²) in [5.74, 6) is 0.0492. The predicted molar refractivity (Wildman–Crippen MR) is 123 cm³/mol. The number of carbonyl (C=O) groups is 1. The first-order valence-corrected chi connectivity index (χ1v) is 11.2. The van der Waals surface area contributed by atoms with Gasteiger partial charge in [0.25, 0.3) is 0 Å². The number of esters is 1. The van der Waals surface area contributed by atoms with Crippen molar-refractivity contribution in [1.82, 2.24) is 0 Å². The summed E-state index contributed by atoms with van der Waals surface area (Å²) in [6.45, 7) is 6.57. The standard InChI is InChI=1S/C26H42O2/c1-4-7-8-9-10-11-12-13-14-15-16-17-18-19-20-21-22-23-24-25(5-2)26(27)28-6-3/h7-8,10-11,13-14,16-17,19-20,25H,4-6,9,12,15,18,21-24H2,1-3H3. The van der Waals surface area contributed by atoms with Crippen molar-refractivity contribution in [2.45, 2.75) is 85.0 Å². The molecule has 2 nitrogen and oxygen atoms in total. The number of ether oxygens (including phenoxy) is 1. The monoisotopic (exact) mass is 386 g/mol. The van der Waals surface area contributed by atoms with Crippen LogP contribution >= 0.6 is 0 Å². The third kappa shape index (κ3) is 17.6. The maximum atomic E-state index is 11.7. The number of rotatable bonds is 17. The van der Waals surface area contributed by atoms with Gasteiger partial charge < -0.3 is 4.74 Å². The Bertz CT molecular complexity index is 495. The Balaban J connectivity index is 3.62. The fourth-order valence-electron chi connectivity index (χ4n) is 2.77. The predicted octanol–water partition coefficient (Wildman–Crippen LogP) is 7.89. The van der Waals surface area contributed by atoms with Crippen LogP contribution in [-0.2, 0) is 9.53 Å². The molecular formula is C26H42O2. The summed E-state index contributed by atoms with van der Waals surface area (Å²) in [4.78, 5) is 11.7. The summed E-state index contributed by atoms with van der Waals surface area (Å²) in [5.41, 5.74) is 0. The van der Waals surface area contributed by atoms with Crippen molar-refractivity contribution in [1.29, 1.82) is 0 Å². The van der Waals surface area contributed by atoms with Gasteiger partial charge in [0.2, 0.25) is 0 Å². The van der Waals surface area contributed by atoms with Gasteiger partial charge in [-0.05, 0) is 64.7 Å². The fourth-order valence-corrected chi connectivity index (χ4v) is 2.77. The van der Waals surface area contributed by atoms with Crippen LogP contribution in [0.5, 0.6) is 0 Å². The Hall–Kier alpha value is -1.83. The van der Waals surface area contributed by atoms with Gasteiger partial charge >= 0.3 is 5.97 Å². The van der Waals surface area contributed by atoms with E-state index in [4.69, 9.17) is 4.74 Å². The van der Waals surface area contributed by atoms with Crippen molar-refractivity contribution in [3.63, 3.8) is 0 Å². The van der Waals surface area contributed by atoms with Crippen molar-refractivity contribution in [2.24, 2.45) is 5.92 Å². The highest BCUT2D eigenvalue weighted by Gasteiger charge is 2.16. The number of carbonyl (C=O) groups excluding carboxylic acids is 1. The summed E-state index contributed by atoms with van der Waals surface area (Å²) < 4.78 is 5.11. The minimum atomic E-state index is -0.0279. The summed E-state index contributed by atoms with van der Waals surface area (Å²) in [6, 6.07) is 0. The van der Waals surface area contributed by atoms with Crippen LogP contribution < -0.4 is 0 Å². The van der Waals surface area contributed by atoms with Gasteiger partial charge in [0.05, 0.1) is 12.5 Å². The molecule has 0 aliphatic carbocycles. The molecule has 0 aliphatic rings. The Labute approximate surface area is 174 Å². The zero-order valence-corrected chi connectivity index (χ0v) is 18.4. The molecule has 0 fully saturated rings. The Kier molecular flexibility index (Phi) is 20.1. The van der Waals surface area contributed by atoms with E-state index in [9.17, 15) is 4.79 Å². The second-order valence-electron chi connectivity index (χ2n) is 6.85. The van der Waals surface area contributed by atoms with Gasteiger partial charge in [0.15, 0.2) is 0 Å². The molecule has 2 heteroatoms. The van der Waals surface area contributed by atoms with E-state index in [1.54, 1.807) is 0 Å². The number of allylic oxidation sites excluding steroid dienone is 10. The lowest BCUT2D eigenvalue weighted by Crippen LogP contribution is -2.16. The molecule has 0 saturated carbocycles. The topological polar surface area (TPSA) is 26.3 Å². The van der Waals surface area contributed by atoms with E-state index in [-0.39, 0.29) is 11.9 Å². The summed E-state index contributed by atoms with van der Waals surface area (Å²) in [6.07, 6.45) is 32.5. The summed E-state index contributed by atoms with van der Waals surface area (Å²) >= 11 is 0. The van der Waals surface area contributed by atoms with Crippen molar-refractivity contribution in [2.75, 3.05) is 6.61 Å². The van der Waals surface area contributed by atoms with E-state index in [1.807, 2.05) is 6.92 Å². The average Bonchev–Trinajstić information content (AvgIpc) is 2.70. The van der Waals surface area contributed by atoms with Crippen molar-refractivity contribution in [3.8, 4) is 0 Å². The largest absolute Gasteiger partial charge is 0.466 e. The van der Waals surface area contributed by atoms with Crippen LogP contribution in [0.2, 0.25) is 0 Å². The Morgan fingerprint density at radius 3 is 1.68 bits per heavy atom. The second-order valence-corrected chi connectivity index (χ2v) is 6.85. The molecule has 0 aromatic rings. The second kappa shape index (κ2) is 21.5. The van der Waals surface area contributed by atoms with Crippen molar-refractivity contribution in [3.05, 3.63) is 60.8 Å². The van der Waals surface area contributed by atoms with Crippen LogP contribution in [0.3, 0.4) is 0 Å². The molecule has 0 amide bonds. The molecule has 0 radical (unpaired) electrons. The molecule has 1 unspecified atom stereocenters. The molecule has 1 atom stereocenters. The van der Waals surface area contributed by atoms with Gasteiger partial charge in [0, 0.05) is 0 Å². The summed E-state index contributed by atoms with van der Waals surface area (Å²) in [7, 11) is 0. The van der Waals surface area contributed by atoms with Crippen molar-refractivity contribution < 1.29 is 9.53 Å². The Morgan fingerprint density at radius 2 is 1.21 bits per heavy atom. The molecule has 0 aromatic carbocycles. The average molecular weight is 387 g/mol. The maximum absolute atomic E-state index is 11.7. The number of unbranched alkanes of at least 4 members (excludes halogenated alkanes) is 2. The third-order valence-electron chi connectivity index (χ3n) is 4.44. The molecule has 0 spiro atoms. The van der Waals surface area contributed by atoms with Gasteiger partial charge in [-0.25, -0.2) is 0 Å². The molecular weight excluding hydrogens is 344 g/mol. The molecule has 28 heavy (non-hydrogen) atoms. The number of hydrogen-bond acceptors (Lipinski definition) is 2. The molecule has 0 bridgehead atoms. The number of hydrogen-bond donors (Lipinski definition) is 0. The molecule has 158 valence electrons. The zero-order valence-electron chi connectivity index (χ0n) is 18.4. The first-order chi connectivity index (χ1) is 13.8. The minimum Gasteiger partial charge on any atom is -0.466 e.